The van der Waals surface area contributed by atoms with E-state index in [-0.39, 0.29) is 24.6 Å². The fraction of sp³-hybridized carbons (Fsp3) is 0.417. The van der Waals surface area contributed by atoms with E-state index in [9.17, 15) is 23.7 Å². The molecule has 0 aromatic heterocycles. The molecule has 0 aliphatic carbocycles. The average Bonchev–Trinajstić information content (AvgIpc) is 2.38. The van der Waals surface area contributed by atoms with Crippen LogP contribution in [0.2, 0.25) is 0 Å². The molecule has 110 valence electrons. The third-order valence-corrected chi connectivity index (χ3v) is 2.63. The molecular weight excluding hydrogens is 272 g/mol. The number of alkyl halides is 2. The summed E-state index contributed by atoms with van der Waals surface area (Å²) in [7, 11) is 3.19. The van der Waals surface area contributed by atoms with Crippen LogP contribution in [-0.4, -0.2) is 36.4 Å². The van der Waals surface area contributed by atoms with E-state index in [1.807, 2.05) is 0 Å². The van der Waals surface area contributed by atoms with Crippen LogP contribution in [-0.2, 0) is 4.79 Å². The minimum atomic E-state index is -2.83. The molecule has 0 atom stereocenters. The van der Waals surface area contributed by atoms with Gasteiger partial charge in [-0.1, -0.05) is 0 Å². The van der Waals surface area contributed by atoms with Gasteiger partial charge >= 0.3 is 0 Å². The number of nitro groups is 1. The molecule has 0 radical (unpaired) electrons. The van der Waals surface area contributed by atoms with Gasteiger partial charge in [-0.3, -0.25) is 14.9 Å². The lowest BCUT2D eigenvalue weighted by molar-refractivity contribution is -0.385. The van der Waals surface area contributed by atoms with Crippen molar-refractivity contribution in [2.24, 2.45) is 0 Å². The van der Waals surface area contributed by atoms with Crippen LogP contribution in [0.4, 0.5) is 20.2 Å². The van der Waals surface area contributed by atoms with Crippen LogP contribution in [0.5, 0.6) is 0 Å². The van der Waals surface area contributed by atoms with Gasteiger partial charge in [-0.15, -0.1) is 0 Å². The van der Waals surface area contributed by atoms with Crippen molar-refractivity contribution in [3.8, 4) is 0 Å². The van der Waals surface area contributed by atoms with Gasteiger partial charge in [0.15, 0.2) is 0 Å². The molecule has 0 fully saturated rings. The van der Waals surface area contributed by atoms with Gasteiger partial charge in [-0.25, -0.2) is 8.78 Å². The van der Waals surface area contributed by atoms with E-state index in [1.54, 1.807) is 14.1 Å². The molecule has 1 rings (SSSR count). The molecule has 1 aromatic carbocycles. The number of carbonyl (C=O) groups excluding carboxylic acids is 1. The lowest BCUT2D eigenvalue weighted by Gasteiger charge is -2.13. The summed E-state index contributed by atoms with van der Waals surface area (Å²) < 4.78 is 25.7. The Labute approximate surface area is 114 Å². The fourth-order valence-electron chi connectivity index (χ4n) is 1.53. The Bertz CT molecular complexity index is 507. The van der Waals surface area contributed by atoms with Crippen molar-refractivity contribution in [2.75, 3.05) is 26.0 Å². The fourth-order valence-corrected chi connectivity index (χ4v) is 1.53. The zero-order chi connectivity index (χ0) is 15.3. The summed E-state index contributed by atoms with van der Waals surface area (Å²) in [6.07, 6.45) is -2.69. The lowest BCUT2D eigenvalue weighted by atomic mass is 10.1. The number of rotatable bonds is 6. The van der Waals surface area contributed by atoms with Crippen LogP contribution in [0.3, 0.4) is 0 Å². The smallest absolute Gasteiger partial charge is 0.270 e. The Balaban J connectivity index is 2.79. The molecule has 8 heteroatoms. The Kier molecular flexibility index (Phi) is 5.36. The predicted octanol–water partition coefficient (Wildman–Crippen LogP) is 2.42. The molecule has 0 saturated heterocycles. The summed E-state index contributed by atoms with van der Waals surface area (Å²) in [5.74, 6) is -0.141. The first kappa shape index (κ1) is 15.8. The number of hydrogen-bond acceptors (Lipinski definition) is 4. The van der Waals surface area contributed by atoms with E-state index in [1.165, 1.54) is 11.0 Å². The van der Waals surface area contributed by atoms with Crippen molar-refractivity contribution in [3.63, 3.8) is 0 Å². The molecule has 20 heavy (non-hydrogen) atoms. The lowest BCUT2D eigenvalue weighted by Crippen LogP contribution is -2.24. The quantitative estimate of drug-likeness (QED) is 0.644. The second-order valence-corrected chi connectivity index (χ2v) is 4.29. The first-order chi connectivity index (χ1) is 9.32. The number of non-ortho nitro benzene ring substituents is 1. The minimum absolute atomic E-state index is 0.0946. The number of amides is 1. The van der Waals surface area contributed by atoms with Crippen LogP contribution < -0.4 is 5.32 Å². The third kappa shape index (κ3) is 4.15. The summed E-state index contributed by atoms with van der Waals surface area (Å²) in [5, 5.41) is 13.3. The molecule has 0 unspecified atom stereocenters. The number of benzene rings is 1. The number of halogens is 2. The highest BCUT2D eigenvalue weighted by atomic mass is 19.3. The predicted molar refractivity (Wildman–Crippen MR) is 69.9 cm³/mol. The molecule has 0 aliphatic heterocycles. The number of nitro benzene ring substituents is 1. The summed E-state index contributed by atoms with van der Waals surface area (Å²) in [6.45, 7) is 0.175. The number of nitrogens with zero attached hydrogens (tertiary/aromatic N) is 2. The molecule has 1 aromatic rings. The highest BCUT2D eigenvalue weighted by molar-refractivity contribution is 5.76. The molecule has 1 amide bonds. The van der Waals surface area contributed by atoms with Crippen molar-refractivity contribution in [2.45, 2.75) is 12.8 Å². The zero-order valence-electron chi connectivity index (χ0n) is 11.1. The van der Waals surface area contributed by atoms with Crippen molar-refractivity contribution in [1.29, 1.82) is 0 Å². The summed E-state index contributed by atoms with van der Waals surface area (Å²) in [4.78, 5) is 22.6. The zero-order valence-corrected chi connectivity index (χ0v) is 11.1. The second kappa shape index (κ2) is 6.78. The molecule has 1 N–H and O–H groups in total. The maximum absolute atomic E-state index is 12.8. The van der Waals surface area contributed by atoms with E-state index >= 15 is 0 Å². The first-order valence-corrected chi connectivity index (χ1v) is 5.83. The Morgan fingerprint density at radius 1 is 1.45 bits per heavy atom. The molecule has 0 spiro atoms. The number of hydrogen-bond donors (Lipinski definition) is 1. The largest absolute Gasteiger partial charge is 0.384 e. The summed E-state index contributed by atoms with van der Waals surface area (Å²) >= 11 is 0. The second-order valence-electron chi connectivity index (χ2n) is 4.29. The minimum Gasteiger partial charge on any atom is -0.384 e. The molecule has 0 aliphatic rings. The van der Waals surface area contributed by atoms with Crippen LogP contribution in [0.25, 0.3) is 0 Å². The van der Waals surface area contributed by atoms with E-state index in [2.05, 4.69) is 5.32 Å². The van der Waals surface area contributed by atoms with Crippen LogP contribution >= 0.6 is 0 Å². The monoisotopic (exact) mass is 287 g/mol. The van der Waals surface area contributed by atoms with Gasteiger partial charge < -0.3 is 10.2 Å². The van der Waals surface area contributed by atoms with E-state index in [0.717, 1.165) is 12.1 Å². The Morgan fingerprint density at radius 3 is 2.60 bits per heavy atom. The van der Waals surface area contributed by atoms with Crippen molar-refractivity contribution in [3.05, 3.63) is 33.9 Å². The first-order valence-electron chi connectivity index (χ1n) is 5.83. The Morgan fingerprint density at radius 2 is 2.10 bits per heavy atom. The van der Waals surface area contributed by atoms with Gasteiger partial charge in [0.25, 0.3) is 12.1 Å². The Hall–Kier alpha value is -2.25. The van der Waals surface area contributed by atoms with Gasteiger partial charge in [0.05, 0.1) is 4.92 Å². The molecule has 0 heterocycles. The normalized spacial score (nSPS) is 10.4. The molecular formula is C12H15F2N3O3. The topological polar surface area (TPSA) is 75.5 Å². The van der Waals surface area contributed by atoms with E-state index < -0.39 is 22.6 Å². The van der Waals surface area contributed by atoms with Crippen molar-refractivity contribution in [1.82, 2.24) is 4.90 Å². The summed E-state index contributed by atoms with van der Waals surface area (Å²) in [5.41, 5.74) is -0.746. The molecule has 6 nitrogen and oxygen atoms in total. The molecule has 0 bridgehead atoms. The van der Waals surface area contributed by atoms with Crippen LogP contribution in [0, 0.1) is 10.1 Å². The van der Waals surface area contributed by atoms with E-state index in [4.69, 9.17) is 0 Å². The van der Waals surface area contributed by atoms with Gasteiger partial charge in [0, 0.05) is 50.4 Å². The molecule has 0 saturated carbocycles. The van der Waals surface area contributed by atoms with Crippen molar-refractivity contribution >= 4 is 17.3 Å². The van der Waals surface area contributed by atoms with Gasteiger partial charge in [0.2, 0.25) is 5.91 Å². The highest BCUT2D eigenvalue weighted by Crippen LogP contribution is 2.30. The number of anilines is 1. The highest BCUT2D eigenvalue weighted by Gasteiger charge is 2.18. The summed E-state index contributed by atoms with van der Waals surface area (Å²) in [6, 6.07) is 3.20. The average molecular weight is 287 g/mol. The maximum atomic E-state index is 12.8. The van der Waals surface area contributed by atoms with E-state index in [0.29, 0.717) is 0 Å². The standard InChI is InChI=1S/C12H15F2N3O3/c1-16(2)11(18)5-6-15-10-4-3-8(17(19)20)7-9(10)12(13)14/h3-4,7,12,15H,5-6H2,1-2H3. The number of carbonyl (C=O) groups is 1. The van der Waals surface area contributed by atoms with Crippen LogP contribution in [0.15, 0.2) is 18.2 Å². The van der Waals surface area contributed by atoms with Gasteiger partial charge in [0.1, 0.15) is 0 Å². The van der Waals surface area contributed by atoms with Crippen molar-refractivity contribution < 1.29 is 18.5 Å². The van der Waals surface area contributed by atoms with Gasteiger partial charge in [-0.05, 0) is 6.07 Å². The SMILES string of the molecule is CN(C)C(=O)CCNc1ccc([N+](=O)[O-])cc1C(F)F. The van der Waals surface area contributed by atoms with Gasteiger partial charge in [-0.2, -0.15) is 0 Å². The number of nitrogens with one attached hydrogen (secondary N) is 1. The van der Waals surface area contributed by atoms with Crippen LogP contribution in [0.1, 0.15) is 18.4 Å². The maximum Gasteiger partial charge on any atom is 0.270 e. The third-order valence-electron chi connectivity index (χ3n) is 2.63.